The third-order valence-corrected chi connectivity index (χ3v) is 2.97. The van der Waals surface area contributed by atoms with Crippen LogP contribution in [0.1, 0.15) is 11.1 Å². The zero-order valence-corrected chi connectivity index (χ0v) is 11.2. The van der Waals surface area contributed by atoms with Gasteiger partial charge in [-0.1, -0.05) is 60.2 Å². The van der Waals surface area contributed by atoms with Crippen molar-refractivity contribution in [3.63, 3.8) is 0 Å². The average Bonchev–Trinajstić information content (AvgIpc) is 2.43. The molecule has 1 N–H and O–H groups in total. The number of halogens is 2. The van der Waals surface area contributed by atoms with Crippen LogP contribution in [0, 0.1) is 5.82 Å². The van der Waals surface area contributed by atoms with Crippen molar-refractivity contribution >= 4 is 17.7 Å². The van der Waals surface area contributed by atoms with Gasteiger partial charge in [0.1, 0.15) is 5.82 Å². The summed E-state index contributed by atoms with van der Waals surface area (Å²) >= 11 is 5.72. The number of rotatable bonds is 5. The summed E-state index contributed by atoms with van der Waals surface area (Å²) in [7, 11) is 0. The number of benzene rings is 2. The maximum atomic E-state index is 13.0. The van der Waals surface area contributed by atoms with Crippen LogP contribution in [0.2, 0.25) is 5.02 Å². The van der Waals surface area contributed by atoms with Crippen LogP contribution in [0.3, 0.4) is 0 Å². The van der Waals surface area contributed by atoms with Crippen LogP contribution in [-0.2, 0) is 6.54 Å². The highest BCUT2D eigenvalue weighted by molar-refractivity contribution is 6.30. The van der Waals surface area contributed by atoms with E-state index in [4.69, 9.17) is 11.6 Å². The first-order valence-electron chi connectivity index (χ1n) is 6.12. The summed E-state index contributed by atoms with van der Waals surface area (Å²) in [4.78, 5) is 0. The molecule has 0 atom stereocenters. The van der Waals surface area contributed by atoms with E-state index >= 15 is 0 Å². The van der Waals surface area contributed by atoms with Gasteiger partial charge in [-0.15, -0.1) is 0 Å². The lowest BCUT2D eigenvalue weighted by molar-refractivity contribution is 0.626. The summed E-state index contributed by atoms with van der Waals surface area (Å²) in [6.45, 7) is 1.42. The normalized spacial score (nSPS) is 11.1. The van der Waals surface area contributed by atoms with Crippen LogP contribution in [0.15, 0.2) is 54.6 Å². The molecule has 0 saturated heterocycles. The van der Waals surface area contributed by atoms with E-state index in [2.05, 4.69) is 29.6 Å². The van der Waals surface area contributed by atoms with Gasteiger partial charge in [0.25, 0.3) is 0 Å². The highest BCUT2D eigenvalue weighted by atomic mass is 35.5. The van der Waals surface area contributed by atoms with Gasteiger partial charge in [0, 0.05) is 13.1 Å². The maximum absolute atomic E-state index is 13.0. The standard InChI is InChI=1S/C16H15ClFN/c17-15-11-14(8-9-16(15)18)12-19-10-4-7-13-5-2-1-3-6-13/h1-9,11,19H,10,12H2. The molecule has 0 aliphatic rings. The van der Waals surface area contributed by atoms with Gasteiger partial charge in [-0.3, -0.25) is 0 Å². The third kappa shape index (κ3) is 4.51. The average molecular weight is 276 g/mol. The molecule has 3 heteroatoms. The van der Waals surface area contributed by atoms with E-state index in [-0.39, 0.29) is 10.8 Å². The second kappa shape index (κ2) is 7.07. The Kier molecular flexibility index (Phi) is 5.13. The molecular formula is C16H15ClFN. The van der Waals surface area contributed by atoms with Crippen LogP contribution < -0.4 is 5.32 Å². The molecular weight excluding hydrogens is 261 g/mol. The number of hydrogen-bond acceptors (Lipinski definition) is 1. The number of nitrogens with one attached hydrogen (secondary N) is 1. The van der Waals surface area contributed by atoms with E-state index in [0.717, 1.165) is 12.1 Å². The van der Waals surface area contributed by atoms with Crippen LogP contribution in [0.5, 0.6) is 0 Å². The molecule has 0 aliphatic heterocycles. The molecule has 0 radical (unpaired) electrons. The Hall–Kier alpha value is -1.64. The Bertz CT molecular complexity index is 552. The second-order valence-corrected chi connectivity index (χ2v) is 4.60. The van der Waals surface area contributed by atoms with Crippen molar-refractivity contribution in [2.45, 2.75) is 6.54 Å². The SMILES string of the molecule is Fc1ccc(CNCC=Cc2ccccc2)cc1Cl. The lowest BCUT2D eigenvalue weighted by Gasteiger charge is -2.03. The fourth-order valence-electron chi connectivity index (χ4n) is 1.71. The topological polar surface area (TPSA) is 12.0 Å². The van der Waals surface area contributed by atoms with Gasteiger partial charge < -0.3 is 5.32 Å². The lowest BCUT2D eigenvalue weighted by Crippen LogP contribution is -2.12. The summed E-state index contributed by atoms with van der Waals surface area (Å²) < 4.78 is 13.0. The van der Waals surface area contributed by atoms with Gasteiger partial charge in [-0.2, -0.15) is 0 Å². The van der Waals surface area contributed by atoms with Crippen LogP contribution >= 0.6 is 11.6 Å². The van der Waals surface area contributed by atoms with Crippen molar-refractivity contribution < 1.29 is 4.39 Å². The first-order valence-corrected chi connectivity index (χ1v) is 6.50. The lowest BCUT2D eigenvalue weighted by atomic mass is 10.2. The van der Waals surface area contributed by atoms with E-state index in [1.54, 1.807) is 12.1 Å². The Morgan fingerprint density at radius 1 is 1.11 bits per heavy atom. The summed E-state index contributed by atoms with van der Waals surface area (Å²) in [6, 6.07) is 14.9. The minimum absolute atomic E-state index is 0.166. The highest BCUT2D eigenvalue weighted by Gasteiger charge is 1.99. The Balaban J connectivity index is 1.78. The zero-order chi connectivity index (χ0) is 13.5. The monoisotopic (exact) mass is 275 g/mol. The predicted molar refractivity (Wildman–Crippen MR) is 78.6 cm³/mol. The first-order chi connectivity index (χ1) is 9.25. The summed E-state index contributed by atoms with van der Waals surface area (Å²) in [5.74, 6) is -0.380. The van der Waals surface area contributed by atoms with E-state index in [1.807, 2.05) is 18.2 Å². The number of hydrogen-bond donors (Lipinski definition) is 1. The van der Waals surface area contributed by atoms with E-state index in [9.17, 15) is 4.39 Å². The summed E-state index contributed by atoms with van der Waals surface area (Å²) in [6.07, 6.45) is 4.12. The largest absolute Gasteiger partial charge is 0.309 e. The molecule has 0 aromatic heterocycles. The van der Waals surface area contributed by atoms with Crippen LogP contribution in [0.4, 0.5) is 4.39 Å². The molecule has 0 aliphatic carbocycles. The molecule has 19 heavy (non-hydrogen) atoms. The molecule has 0 saturated carbocycles. The fourth-order valence-corrected chi connectivity index (χ4v) is 1.91. The maximum Gasteiger partial charge on any atom is 0.141 e. The molecule has 0 unspecified atom stereocenters. The Labute approximate surface area is 117 Å². The Morgan fingerprint density at radius 3 is 2.63 bits per heavy atom. The minimum atomic E-state index is -0.380. The molecule has 2 aromatic rings. The quantitative estimate of drug-likeness (QED) is 0.803. The van der Waals surface area contributed by atoms with Crippen molar-refractivity contribution in [3.05, 3.63) is 76.6 Å². The van der Waals surface area contributed by atoms with Gasteiger partial charge >= 0.3 is 0 Å². The minimum Gasteiger partial charge on any atom is -0.309 e. The van der Waals surface area contributed by atoms with Crippen molar-refractivity contribution in [3.8, 4) is 0 Å². The van der Waals surface area contributed by atoms with Gasteiger partial charge in [0.05, 0.1) is 5.02 Å². The smallest absolute Gasteiger partial charge is 0.141 e. The third-order valence-electron chi connectivity index (χ3n) is 2.69. The molecule has 0 fully saturated rings. The molecule has 0 spiro atoms. The predicted octanol–water partition coefficient (Wildman–Crippen LogP) is 4.28. The fraction of sp³-hybridized carbons (Fsp3) is 0.125. The molecule has 2 rings (SSSR count). The van der Waals surface area contributed by atoms with Gasteiger partial charge in [0.15, 0.2) is 0 Å². The van der Waals surface area contributed by atoms with E-state index < -0.39 is 0 Å². The second-order valence-electron chi connectivity index (χ2n) is 4.19. The van der Waals surface area contributed by atoms with Crippen LogP contribution in [0.25, 0.3) is 6.08 Å². The van der Waals surface area contributed by atoms with E-state index in [1.165, 1.54) is 11.6 Å². The molecule has 0 amide bonds. The van der Waals surface area contributed by atoms with Crippen molar-refractivity contribution in [2.24, 2.45) is 0 Å². The Morgan fingerprint density at radius 2 is 1.89 bits per heavy atom. The summed E-state index contributed by atoms with van der Waals surface area (Å²) in [5, 5.41) is 3.42. The van der Waals surface area contributed by atoms with Gasteiger partial charge in [0.2, 0.25) is 0 Å². The molecule has 0 heterocycles. The van der Waals surface area contributed by atoms with Gasteiger partial charge in [-0.25, -0.2) is 4.39 Å². The first kappa shape index (κ1) is 13.8. The van der Waals surface area contributed by atoms with Crippen molar-refractivity contribution in [1.82, 2.24) is 5.32 Å². The molecule has 2 aromatic carbocycles. The van der Waals surface area contributed by atoms with E-state index in [0.29, 0.717) is 6.54 Å². The highest BCUT2D eigenvalue weighted by Crippen LogP contribution is 2.15. The van der Waals surface area contributed by atoms with Crippen molar-refractivity contribution in [2.75, 3.05) is 6.54 Å². The summed E-state index contributed by atoms with van der Waals surface area (Å²) in [5.41, 5.74) is 2.15. The van der Waals surface area contributed by atoms with Crippen molar-refractivity contribution in [1.29, 1.82) is 0 Å². The zero-order valence-electron chi connectivity index (χ0n) is 10.4. The van der Waals surface area contributed by atoms with Crippen LogP contribution in [-0.4, -0.2) is 6.54 Å². The molecule has 0 bridgehead atoms. The molecule has 98 valence electrons. The molecule has 1 nitrogen and oxygen atoms in total. The van der Waals surface area contributed by atoms with Gasteiger partial charge in [-0.05, 0) is 23.3 Å².